The van der Waals surface area contributed by atoms with E-state index in [1.165, 1.54) is 12.1 Å². The van der Waals surface area contributed by atoms with Gasteiger partial charge in [0.1, 0.15) is 11.9 Å². The van der Waals surface area contributed by atoms with Crippen LogP contribution in [0.2, 0.25) is 0 Å². The van der Waals surface area contributed by atoms with Gasteiger partial charge in [-0.25, -0.2) is 4.39 Å². The van der Waals surface area contributed by atoms with Crippen molar-refractivity contribution < 1.29 is 17.6 Å². The molecule has 3 aromatic rings. The molecule has 0 fully saturated rings. The molecule has 3 rings (SSSR count). The predicted octanol–water partition coefficient (Wildman–Crippen LogP) is 5.18. The molecule has 4 nitrogen and oxygen atoms in total. The second-order valence-corrected chi connectivity index (χ2v) is 7.12. The molecule has 0 spiro atoms. The van der Waals surface area contributed by atoms with Crippen LogP contribution in [0.25, 0.3) is 11.1 Å². The highest BCUT2D eigenvalue weighted by Gasteiger charge is 2.34. The molecule has 0 bridgehead atoms. The third kappa shape index (κ3) is 4.03. The third-order valence-electron chi connectivity index (χ3n) is 5.31. The smallest absolute Gasteiger partial charge is 0.343 e. The SMILES string of the molecule is Cc1c(C#N)c(-c2ccc(C#N)c(C(F)(F)F)c2)c(C)n1Cc1ccc(CN)cc1F. The van der Waals surface area contributed by atoms with E-state index < -0.39 is 23.1 Å². The molecule has 31 heavy (non-hydrogen) atoms. The van der Waals surface area contributed by atoms with Crippen molar-refractivity contribution in [2.75, 3.05) is 0 Å². The van der Waals surface area contributed by atoms with Crippen molar-refractivity contribution in [1.29, 1.82) is 10.5 Å². The van der Waals surface area contributed by atoms with Gasteiger partial charge in [-0.1, -0.05) is 18.2 Å². The summed E-state index contributed by atoms with van der Waals surface area (Å²) in [5.74, 6) is -0.451. The Hall–Kier alpha value is -3.62. The van der Waals surface area contributed by atoms with Gasteiger partial charge in [-0.15, -0.1) is 0 Å². The second kappa shape index (κ2) is 8.25. The lowest BCUT2D eigenvalue weighted by molar-refractivity contribution is -0.137. The molecule has 2 N–H and O–H groups in total. The molecule has 2 aromatic carbocycles. The van der Waals surface area contributed by atoms with Crippen molar-refractivity contribution in [1.82, 2.24) is 4.57 Å². The topological polar surface area (TPSA) is 78.5 Å². The van der Waals surface area contributed by atoms with E-state index in [0.29, 0.717) is 28.1 Å². The first kappa shape index (κ1) is 22.1. The van der Waals surface area contributed by atoms with Crippen LogP contribution >= 0.6 is 0 Å². The maximum Gasteiger partial charge on any atom is 0.417 e. The van der Waals surface area contributed by atoms with Crippen molar-refractivity contribution in [3.8, 4) is 23.3 Å². The minimum absolute atomic E-state index is 0.103. The van der Waals surface area contributed by atoms with Crippen LogP contribution in [0.3, 0.4) is 0 Å². The minimum atomic E-state index is -4.72. The van der Waals surface area contributed by atoms with Gasteiger partial charge in [0.05, 0.1) is 29.3 Å². The Balaban J connectivity index is 2.17. The van der Waals surface area contributed by atoms with Gasteiger partial charge in [-0.3, -0.25) is 0 Å². The van der Waals surface area contributed by atoms with E-state index >= 15 is 0 Å². The molecule has 158 valence electrons. The highest BCUT2D eigenvalue weighted by molar-refractivity contribution is 5.76. The molecule has 0 amide bonds. The lowest BCUT2D eigenvalue weighted by Crippen LogP contribution is -2.08. The van der Waals surface area contributed by atoms with Gasteiger partial charge < -0.3 is 10.3 Å². The summed E-state index contributed by atoms with van der Waals surface area (Å²) in [7, 11) is 0. The van der Waals surface area contributed by atoms with Crippen LogP contribution in [-0.2, 0) is 19.3 Å². The first-order valence-corrected chi connectivity index (χ1v) is 9.31. The van der Waals surface area contributed by atoms with Gasteiger partial charge in [0, 0.05) is 29.1 Å². The highest BCUT2D eigenvalue weighted by Crippen LogP contribution is 2.38. The number of rotatable bonds is 4. The van der Waals surface area contributed by atoms with Gasteiger partial charge in [0.25, 0.3) is 0 Å². The molecule has 0 radical (unpaired) electrons. The number of alkyl halides is 3. The highest BCUT2D eigenvalue weighted by atomic mass is 19.4. The van der Waals surface area contributed by atoms with E-state index in [1.54, 1.807) is 36.6 Å². The van der Waals surface area contributed by atoms with Gasteiger partial charge in [-0.05, 0) is 43.2 Å². The van der Waals surface area contributed by atoms with Crippen LogP contribution in [-0.4, -0.2) is 4.57 Å². The summed E-state index contributed by atoms with van der Waals surface area (Å²) < 4.78 is 56.4. The number of nitrogens with two attached hydrogens (primary N) is 1. The van der Waals surface area contributed by atoms with Crippen LogP contribution < -0.4 is 5.73 Å². The fraction of sp³-hybridized carbons (Fsp3) is 0.217. The maximum absolute atomic E-state index is 14.5. The molecule has 8 heteroatoms. The Morgan fingerprint density at radius 3 is 2.26 bits per heavy atom. The maximum atomic E-state index is 14.5. The van der Waals surface area contributed by atoms with E-state index in [1.807, 2.05) is 0 Å². The summed E-state index contributed by atoms with van der Waals surface area (Å²) >= 11 is 0. The van der Waals surface area contributed by atoms with Crippen molar-refractivity contribution >= 4 is 0 Å². The van der Waals surface area contributed by atoms with Crippen LogP contribution in [0.5, 0.6) is 0 Å². The van der Waals surface area contributed by atoms with E-state index in [-0.39, 0.29) is 24.2 Å². The van der Waals surface area contributed by atoms with E-state index in [0.717, 1.165) is 12.1 Å². The van der Waals surface area contributed by atoms with Gasteiger partial charge >= 0.3 is 6.18 Å². The van der Waals surface area contributed by atoms with E-state index in [9.17, 15) is 22.8 Å². The normalized spacial score (nSPS) is 11.3. The van der Waals surface area contributed by atoms with Crippen molar-refractivity contribution in [3.05, 3.63) is 81.4 Å². The number of halogens is 4. The van der Waals surface area contributed by atoms with Crippen LogP contribution in [0.1, 0.15) is 39.2 Å². The zero-order chi connectivity index (χ0) is 22.9. The fourth-order valence-corrected chi connectivity index (χ4v) is 3.66. The Kier molecular flexibility index (Phi) is 5.88. The summed E-state index contributed by atoms with van der Waals surface area (Å²) in [6.45, 7) is 3.63. The van der Waals surface area contributed by atoms with Crippen molar-refractivity contribution in [3.63, 3.8) is 0 Å². The molecular formula is C23H18F4N4. The lowest BCUT2D eigenvalue weighted by atomic mass is 9.96. The Morgan fingerprint density at radius 1 is 1.00 bits per heavy atom. The summed E-state index contributed by atoms with van der Waals surface area (Å²) in [6, 6.07) is 11.6. The molecule has 0 saturated carbocycles. The first-order chi connectivity index (χ1) is 14.6. The van der Waals surface area contributed by atoms with E-state index in [4.69, 9.17) is 11.0 Å². The number of hydrogen-bond donors (Lipinski definition) is 1. The Labute approximate surface area is 176 Å². The van der Waals surface area contributed by atoms with Crippen molar-refractivity contribution in [2.24, 2.45) is 5.73 Å². The van der Waals surface area contributed by atoms with E-state index in [2.05, 4.69) is 6.07 Å². The third-order valence-corrected chi connectivity index (χ3v) is 5.31. The quantitative estimate of drug-likeness (QED) is 0.584. The molecule has 0 aliphatic heterocycles. The summed E-state index contributed by atoms with van der Waals surface area (Å²) in [5.41, 5.74) is 6.70. The Morgan fingerprint density at radius 2 is 1.71 bits per heavy atom. The van der Waals surface area contributed by atoms with Crippen molar-refractivity contribution in [2.45, 2.75) is 33.1 Å². The molecule has 0 aliphatic carbocycles. The average Bonchev–Trinajstić information content (AvgIpc) is 2.97. The minimum Gasteiger partial charge on any atom is -0.343 e. The van der Waals surface area contributed by atoms with Crippen LogP contribution in [0.15, 0.2) is 36.4 Å². The standard InChI is InChI=1S/C23H18F4N4/c1-13-19(11-30)22(16-5-6-17(10-29)20(8-16)23(25,26)27)14(2)31(13)12-18-4-3-15(9-28)7-21(18)24/h3-8H,9,12,28H2,1-2H3. The molecule has 0 unspecified atom stereocenters. The largest absolute Gasteiger partial charge is 0.417 e. The summed E-state index contributed by atoms with van der Waals surface area (Å²) in [4.78, 5) is 0. The Bertz CT molecular complexity index is 1240. The molecule has 0 atom stereocenters. The molecule has 1 aromatic heterocycles. The number of hydrogen-bond acceptors (Lipinski definition) is 3. The fourth-order valence-electron chi connectivity index (χ4n) is 3.66. The van der Waals surface area contributed by atoms with Crippen LogP contribution in [0.4, 0.5) is 17.6 Å². The predicted molar refractivity (Wildman–Crippen MR) is 107 cm³/mol. The zero-order valence-electron chi connectivity index (χ0n) is 16.8. The van der Waals surface area contributed by atoms with Crippen LogP contribution in [0, 0.1) is 42.3 Å². The molecule has 1 heterocycles. The first-order valence-electron chi connectivity index (χ1n) is 9.31. The molecule has 0 aliphatic rings. The number of nitrogens with zero attached hydrogens (tertiary/aromatic N) is 3. The number of aromatic nitrogens is 1. The van der Waals surface area contributed by atoms with Gasteiger partial charge in [0.15, 0.2) is 0 Å². The van der Waals surface area contributed by atoms with Gasteiger partial charge in [0.2, 0.25) is 0 Å². The summed E-state index contributed by atoms with van der Waals surface area (Å²) in [5, 5.41) is 18.7. The summed E-state index contributed by atoms with van der Waals surface area (Å²) in [6.07, 6.45) is -4.72. The number of nitriles is 2. The average molecular weight is 426 g/mol. The molecular weight excluding hydrogens is 408 g/mol. The van der Waals surface area contributed by atoms with Gasteiger partial charge in [-0.2, -0.15) is 23.7 Å². The lowest BCUT2D eigenvalue weighted by Gasteiger charge is -2.13. The number of benzene rings is 2. The zero-order valence-corrected chi connectivity index (χ0v) is 16.8. The monoisotopic (exact) mass is 426 g/mol. The second-order valence-electron chi connectivity index (χ2n) is 7.12. The molecule has 0 saturated heterocycles.